The Hall–Kier alpha value is -3.52. The molecule has 8 heteroatoms. The van der Waals surface area contributed by atoms with Crippen molar-refractivity contribution in [2.24, 2.45) is 5.92 Å². The molecular formula is C24H27N5O3. The summed E-state index contributed by atoms with van der Waals surface area (Å²) in [4.78, 5) is 22.0. The van der Waals surface area contributed by atoms with Crippen LogP contribution >= 0.6 is 0 Å². The molecule has 0 radical (unpaired) electrons. The zero-order valence-corrected chi connectivity index (χ0v) is 18.3. The zero-order valence-electron chi connectivity index (χ0n) is 18.3. The molecule has 0 aliphatic heterocycles. The monoisotopic (exact) mass is 433 g/mol. The minimum Gasteiger partial charge on any atom is -0.467 e. The molecule has 4 rings (SSSR count). The van der Waals surface area contributed by atoms with Gasteiger partial charge in [-0.3, -0.25) is 9.78 Å². The third-order valence-electron chi connectivity index (χ3n) is 4.90. The van der Waals surface area contributed by atoms with Crippen LogP contribution in [0.15, 0.2) is 59.6 Å². The van der Waals surface area contributed by atoms with E-state index < -0.39 is 0 Å². The van der Waals surface area contributed by atoms with E-state index in [9.17, 15) is 4.79 Å². The number of rotatable bonds is 10. The van der Waals surface area contributed by atoms with E-state index in [1.54, 1.807) is 35.6 Å². The fourth-order valence-electron chi connectivity index (χ4n) is 3.35. The van der Waals surface area contributed by atoms with Gasteiger partial charge in [-0.15, -0.1) is 0 Å². The molecule has 0 saturated heterocycles. The molecule has 0 fully saturated rings. The summed E-state index contributed by atoms with van der Waals surface area (Å²) in [5, 5.41) is 8.15. The van der Waals surface area contributed by atoms with E-state index in [4.69, 9.17) is 14.1 Å². The Morgan fingerprint density at radius 3 is 2.91 bits per heavy atom. The Bertz CT molecular complexity index is 1150. The first-order valence-corrected chi connectivity index (χ1v) is 10.8. The van der Waals surface area contributed by atoms with Gasteiger partial charge < -0.3 is 14.5 Å². The normalized spacial score (nSPS) is 11.3. The van der Waals surface area contributed by atoms with Crippen LogP contribution in [-0.4, -0.2) is 45.4 Å². The molecule has 0 unspecified atom stereocenters. The van der Waals surface area contributed by atoms with E-state index in [1.807, 2.05) is 24.3 Å². The Morgan fingerprint density at radius 2 is 2.16 bits per heavy atom. The molecule has 0 bridgehead atoms. The van der Waals surface area contributed by atoms with Crippen molar-refractivity contribution in [1.29, 1.82) is 0 Å². The maximum absolute atomic E-state index is 13.1. The van der Waals surface area contributed by atoms with Gasteiger partial charge in [-0.05, 0) is 42.7 Å². The summed E-state index contributed by atoms with van der Waals surface area (Å²) >= 11 is 0. The van der Waals surface area contributed by atoms with E-state index in [0.29, 0.717) is 47.9 Å². The van der Waals surface area contributed by atoms with Gasteiger partial charge in [0.2, 0.25) is 0 Å². The SMILES string of the molecule is CC(C)COCCCNC(=O)c1cc(-c2cccnc2)nc2c1cnn2Cc1ccco1. The fraction of sp³-hybridized carbons (Fsp3) is 0.333. The van der Waals surface area contributed by atoms with Crippen LogP contribution in [0, 0.1) is 5.92 Å². The van der Waals surface area contributed by atoms with Gasteiger partial charge in [0, 0.05) is 37.7 Å². The highest BCUT2D eigenvalue weighted by molar-refractivity contribution is 6.06. The molecule has 4 aromatic heterocycles. The third-order valence-corrected chi connectivity index (χ3v) is 4.90. The largest absolute Gasteiger partial charge is 0.467 e. The molecule has 166 valence electrons. The van der Waals surface area contributed by atoms with Gasteiger partial charge in [0.05, 0.1) is 29.1 Å². The summed E-state index contributed by atoms with van der Waals surface area (Å²) in [6.45, 7) is 6.52. The second-order valence-electron chi connectivity index (χ2n) is 7.99. The number of pyridine rings is 2. The molecule has 0 saturated carbocycles. The van der Waals surface area contributed by atoms with Crippen molar-refractivity contribution >= 4 is 16.9 Å². The second-order valence-corrected chi connectivity index (χ2v) is 7.99. The van der Waals surface area contributed by atoms with Crippen molar-refractivity contribution in [3.8, 4) is 11.3 Å². The molecule has 0 aromatic carbocycles. The van der Waals surface area contributed by atoms with Crippen LogP contribution in [0.25, 0.3) is 22.3 Å². The van der Waals surface area contributed by atoms with Crippen LogP contribution in [0.1, 0.15) is 36.4 Å². The molecule has 4 heterocycles. The van der Waals surface area contributed by atoms with Crippen molar-refractivity contribution in [2.75, 3.05) is 19.8 Å². The van der Waals surface area contributed by atoms with Crippen molar-refractivity contribution in [2.45, 2.75) is 26.8 Å². The number of carbonyl (C=O) groups excluding carboxylic acids is 1. The van der Waals surface area contributed by atoms with E-state index >= 15 is 0 Å². The second kappa shape index (κ2) is 10.2. The number of aromatic nitrogens is 4. The van der Waals surface area contributed by atoms with Crippen LogP contribution < -0.4 is 5.32 Å². The first-order valence-electron chi connectivity index (χ1n) is 10.8. The average molecular weight is 434 g/mol. The molecule has 1 N–H and O–H groups in total. The lowest BCUT2D eigenvalue weighted by molar-refractivity contribution is 0.0926. The Balaban J connectivity index is 1.59. The standard InChI is InChI=1S/C24H27N5O3/c1-17(2)16-31-10-5-9-26-24(30)20-12-22(18-6-3-8-25-13-18)28-23-21(20)14-27-29(23)15-19-7-4-11-32-19/h3-4,6-8,11-14,17H,5,9-10,15-16H2,1-2H3,(H,26,30). The highest BCUT2D eigenvalue weighted by Gasteiger charge is 2.18. The lowest BCUT2D eigenvalue weighted by Crippen LogP contribution is -2.25. The van der Waals surface area contributed by atoms with Gasteiger partial charge in [-0.1, -0.05) is 13.8 Å². The number of amides is 1. The van der Waals surface area contributed by atoms with Crippen LogP contribution in [0.5, 0.6) is 0 Å². The van der Waals surface area contributed by atoms with Crippen molar-refractivity contribution in [1.82, 2.24) is 25.1 Å². The fourth-order valence-corrected chi connectivity index (χ4v) is 3.35. The van der Waals surface area contributed by atoms with Crippen molar-refractivity contribution in [3.05, 3.63) is 66.5 Å². The molecule has 32 heavy (non-hydrogen) atoms. The van der Waals surface area contributed by atoms with E-state index in [0.717, 1.165) is 24.4 Å². The molecule has 0 spiro atoms. The quantitative estimate of drug-likeness (QED) is 0.381. The number of furan rings is 1. The Labute approximate surface area is 186 Å². The Morgan fingerprint density at radius 1 is 1.25 bits per heavy atom. The first-order chi connectivity index (χ1) is 15.6. The molecule has 0 aliphatic carbocycles. The van der Waals surface area contributed by atoms with Crippen LogP contribution in [-0.2, 0) is 11.3 Å². The first kappa shape index (κ1) is 21.7. The molecular weight excluding hydrogens is 406 g/mol. The van der Waals surface area contributed by atoms with Crippen LogP contribution in [0.3, 0.4) is 0 Å². The summed E-state index contributed by atoms with van der Waals surface area (Å²) in [6.07, 6.45) is 7.49. The van der Waals surface area contributed by atoms with Gasteiger partial charge in [0.25, 0.3) is 5.91 Å². The summed E-state index contributed by atoms with van der Waals surface area (Å²) in [5.41, 5.74) is 2.64. The number of nitrogens with one attached hydrogen (secondary N) is 1. The van der Waals surface area contributed by atoms with Gasteiger partial charge in [-0.25, -0.2) is 9.67 Å². The average Bonchev–Trinajstić information content (AvgIpc) is 3.46. The maximum Gasteiger partial charge on any atom is 0.252 e. The number of fused-ring (bicyclic) bond motifs is 1. The minimum atomic E-state index is -0.163. The molecule has 8 nitrogen and oxygen atoms in total. The number of ether oxygens (including phenoxy) is 1. The molecule has 0 atom stereocenters. The summed E-state index contributed by atoms with van der Waals surface area (Å²) in [5.74, 6) is 1.10. The summed E-state index contributed by atoms with van der Waals surface area (Å²) < 4.78 is 12.8. The number of carbonyl (C=O) groups is 1. The topological polar surface area (TPSA) is 95.1 Å². The number of hydrogen-bond donors (Lipinski definition) is 1. The maximum atomic E-state index is 13.1. The van der Waals surface area contributed by atoms with E-state index in [2.05, 4.69) is 29.2 Å². The minimum absolute atomic E-state index is 0.163. The smallest absolute Gasteiger partial charge is 0.252 e. The summed E-state index contributed by atoms with van der Waals surface area (Å²) in [6, 6.07) is 9.27. The van der Waals surface area contributed by atoms with E-state index in [1.165, 1.54) is 0 Å². The van der Waals surface area contributed by atoms with Gasteiger partial charge in [0.1, 0.15) is 12.3 Å². The lowest BCUT2D eigenvalue weighted by atomic mass is 10.1. The molecule has 1 amide bonds. The van der Waals surface area contributed by atoms with Gasteiger partial charge in [-0.2, -0.15) is 5.10 Å². The Kier molecular flexibility index (Phi) is 6.91. The van der Waals surface area contributed by atoms with Crippen molar-refractivity contribution < 1.29 is 13.9 Å². The predicted octanol–water partition coefficient (Wildman–Crippen LogP) is 3.93. The lowest BCUT2D eigenvalue weighted by Gasteiger charge is -2.10. The van der Waals surface area contributed by atoms with Gasteiger partial charge in [0.15, 0.2) is 5.65 Å². The van der Waals surface area contributed by atoms with Crippen LogP contribution in [0.2, 0.25) is 0 Å². The zero-order chi connectivity index (χ0) is 22.3. The highest BCUT2D eigenvalue weighted by Crippen LogP contribution is 2.25. The van der Waals surface area contributed by atoms with Crippen molar-refractivity contribution in [3.63, 3.8) is 0 Å². The third kappa shape index (κ3) is 5.20. The van der Waals surface area contributed by atoms with E-state index in [-0.39, 0.29) is 5.91 Å². The molecule has 4 aromatic rings. The predicted molar refractivity (Wildman–Crippen MR) is 121 cm³/mol. The highest BCUT2D eigenvalue weighted by atomic mass is 16.5. The molecule has 0 aliphatic rings. The van der Waals surface area contributed by atoms with Crippen LogP contribution in [0.4, 0.5) is 0 Å². The number of nitrogens with zero attached hydrogens (tertiary/aromatic N) is 4. The number of hydrogen-bond acceptors (Lipinski definition) is 6. The summed E-state index contributed by atoms with van der Waals surface area (Å²) in [7, 11) is 0. The van der Waals surface area contributed by atoms with Gasteiger partial charge >= 0.3 is 0 Å².